The highest BCUT2D eigenvalue weighted by molar-refractivity contribution is 7.09. The van der Waals surface area contributed by atoms with Crippen LogP contribution in [0.4, 0.5) is 0 Å². The molecule has 4 aliphatic rings. The maximum atomic E-state index is 12.2. The predicted molar refractivity (Wildman–Crippen MR) is 70.0 cm³/mol. The van der Waals surface area contributed by atoms with E-state index in [1.165, 1.54) is 19.3 Å². The predicted octanol–water partition coefficient (Wildman–Crippen LogP) is 2.54. The third-order valence-electron chi connectivity index (χ3n) is 5.52. The van der Waals surface area contributed by atoms with Gasteiger partial charge in [0.2, 0.25) is 5.91 Å². The fourth-order valence-corrected chi connectivity index (χ4v) is 6.17. The number of hydrogen-bond acceptors (Lipinski definition) is 3. The van der Waals surface area contributed by atoms with Crippen LogP contribution in [0.2, 0.25) is 0 Å². The molecule has 4 aliphatic carbocycles. The summed E-state index contributed by atoms with van der Waals surface area (Å²) < 4.78 is 0. The number of thiazole rings is 1. The van der Waals surface area contributed by atoms with Crippen molar-refractivity contribution in [2.75, 3.05) is 0 Å². The molecular weight excluding hydrogens is 244 g/mol. The van der Waals surface area contributed by atoms with Gasteiger partial charge in [-0.25, -0.2) is 4.98 Å². The van der Waals surface area contributed by atoms with Gasteiger partial charge in [-0.05, 0) is 49.9 Å². The molecule has 4 saturated carbocycles. The Bertz CT molecular complexity index is 470. The molecule has 2 N–H and O–H groups in total. The van der Waals surface area contributed by atoms with Crippen LogP contribution in [0.3, 0.4) is 0 Å². The fourth-order valence-electron chi connectivity index (χ4n) is 5.22. The molecule has 3 atom stereocenters. The van der Waals surface area contributed by atoms with Crippen molar-refractivity contribution in [2.24, 2.45) is 28.9 Å². The Morgan fingerprint density at radius 2 is 2.06 bits per heavy atom. The summed E-state index contributed by atoms with van der Waals surface area (Å²) in [7, 11) is 0. The summed E-state index contributed by atoms with van der Waals surface area (Å²) in [5.74, 6) is 2.37. The van der Waals surface area contributed by atoms with Crippen LogP contribution in [0.25, 0.3) is 0 Å². The number of amides is 1. The van der Waals surface area contributed by atoms with Crippen LogP contribution in [0.1, 0.15) is 43.0 Å². The SMILES string of the molecule is NC(=O)C12CC3CC(CC(C3)C1c1nccs1)C2. The largest absolute Gasteiger partial charge is 0.369 e. The first-order chi connectivity index (χ1) is 8.69. The first kappa shape index (κ1) is 11.0. The van der Waals surface area contributed by atoms with Gasteiger partial charge in [-0.2, -0.15) is 0 Å². The van der Waals surface area contributed by atoms with Crippen molar-refractivity contribution in [3.63, 3.8) is 0 Å². The lowest BCUT2D eigenvalue weighted by molar-refractivity contribution is -0.147. The van der Waals surface area contributed by atoms with Crippen molar-refractivity contribution in [2.45, 2.75) is 38.0 Å². The average Bonchev–Trinajstić information content (AvgIpc) is 2.80. The smallest absolute Gasteiger partial charge is 0.224 e. The van der Waals surface area contributed by atoms with Crippen molar-refractivity contribution < 1.29 is 4.79 Å². The Morgan fingerprint density at radius 1 is 1.33 bits per heavy atom. The summed E-state index contributed by atoms with van der Waals surface area (Å²) >= 11 is 1.70. The van der Waals surface area contributed by atoms with Crippen LogP contribution in [0.15, 0.2) is 11.6 Å². The minimum absolute atomic E-state index is 0.0678. The van der Waals surface area contributed by atoms with E-state index >= 15 is 0 Å². The summed E-state index contributed by atoms with van der Waals surface area (Å²) in [6.07, 6.45) is 7.79. The van der Waals surface area contributed by atoms with Gasteiger partial charge in [-0.15, -0.1) is 11.3 Å². The summed E-state index contributed by atoms with van der Waals surface area (Å²) in [5, 5.41) is 3.17. The zero-order valence-corrected chi connectivity index (χ0v) is 11.2. The molecule has 0 aromatic carbocycles. The molecule has 5 rings (SSSR count). The van der Waals surface area contributed by atoms with E-state index in [-0.39, 0.29) is 11.3 Å². The fraction of sp³-hybridized carbons (Fsp3) is 0.714. The van der Waals surface area contributed by atoms with Gasteiger partial charge in [0.05, 0.1) is 10.4 Å². The molecule has 0 aliphatic heterocycles. The van der Waals surface area contributed by atoms with Gasteiger partial charge in [0.25, 0.3) is 0 Å². The molecule has 4 bridgehead atoms. The molecule has 4 heteroatoms. The van der Waals surface area contributed by atoms with Gasteiger partial charge in [0.1, 0.15) is 0 Å². The number of aromatic nitrogens is 1. The molecule has 96 valence electrons. The lowest BCUT2D eigenvalue weighted by Crippen LogP contribution is -2.57. The minimum Gasteiger partial charge on any atom is -0.369 e. The van der Waals surface area contributed by atoms with E-state index < -0.39 is 0 Å². The van der Waals surface area contributed by atoms with Gasteiger partial charge in [-0.1, -0.05) is 0 Å². The van der Waals surface area contributed by atoms with Crippen molar-refractivity contribution in [3.8, 4) is 0 Å². The van der Waals surface area contributed by atoms with Crippen LogP contribution >= 0.6 is 11.3 Å². The summed E-state index contributed by atoms with van der Waals surface area (Å²) in [4.78, 5) is 16.7. The molecule has 0 spiro atoms. The number of primary amides is 1. The summed E-state index contributed by atoms with van der Waals surface area (Å²) in [6, 6.07) is 0. The van der Waals surface area contributed by atoms with Crippen LogP contribution in [0, 0.1) is 23.2 Å². The molecule has 1 aromatic rings. The van der Waals surface area contributed by atoms with Crippen molar-refractivity contribution in [3.05, 3.63) is 16.6 Å². The Hall–Kier alpha value is -0.900. The Kier molecular flexibility index (Phi) is 2.17. The number of carbonyl (C=O) groups is 1. The van der Waals surface area contributed by atoms with E-state index in [0.29, 0.717) is 11.8 Å². The van der Waals surface area contributed by atoms with E-state index in [1.807, 2.05) is 11.6 Å². The van der Waals surface area contributed by atoms with Crippen LogP contribution in [0.5, 0.6) is 0 Å². The quantitative estimate of drug-likeness (QED) is 0.890. The van der Waals surface area contributed by atoms with Crippen LogP contribution in [-0.4, -0.2) is 10.9 Å². The second-order valence-corrected chi connectivity index (χ2v) is 7.40. The molecule has 1 heterocycles. The maximum Gasteiger partial charge on any atom is 0.224 e. The third-order valence-corrected chi connectivity index (χ3v) is 6.38. The Morgan fingerprint density at radius 3 is 2.61 bits per heavy atom. The van der Waals surface area contributed by atoms with E-state index in [1.54, 1.807) is 11.3 Å². The number of rotatable bonds is 2. The van der Waals surface area contributed by atoms with E-state index in [2.05, 4.69) is 4.98 Å². The summed E-state index contributed by atoms with van der Waals surface area (Å²) in [5.41, 5.74) is 5.55. The second-order valence-electron chi connectivity index (χ2n) is 6.48. The van der Waals surface area contributed by atoms with Gasteiger partial charge < -0.3 is 5.73 Å². The number of hydrogen-bond donors (Lipinski definition) is 1. The Balaban J connectivity index is 1.83. The maximum absolute atomic E-state index is 12.2. The van der Waals surface area contributed by atoms with Gasteiger partial charge in [0.15, 0.2) is 0 Å². The van der Waals surface area contributed by atoms with Crippen molar-refractivity contribution >= 4 is 17.2 Å². The zero-order chi connectivity index (χ0) is 12.3. The zero-order valence-electron chi connectivity index (χ0n) is 10.3. The monoisotopic (exact) mass is 262 g/mol. The topological polar surface area (TPSA) is 56.0 Å². The van der Waals surface area contributed by atoms with Gasteiger partial charge in [-0.3, -0.25) is 4.79 Å². The molecule has 1 aromatic heterocycles. The first-order valence-electron chi connectivity index (χ1n) is 6.88. The standard InChI is InChI=1S/C14H18N2OS/c15-13(17)14-6-8-3-9(7-14)5-10(4-8)11(14)12-16-1-2-18-12/h1-2,8-11H,3-7H2,(H2,15,17). The molecule has 1 amide bonds. The highest BCUT2D eigenvalue weighted by Crippen LogP contribution is 2.66. The van der Waals surface area contributed by atoms with E-state index in [9.17, 15) is 4.79 Å². The minimum atomic E-state index is -0.271. The number of carbonyl (C=O) groups excluding carboxylic acids is 1. The number of nitrogens with two attached hydrogens (primary N) is 1. The lowest BCUT2D eigenvalue weighted by atomic mass is 9.45. The van der Waals surface area contributed by atoms with E-state index in [4.69, 9.17) is 5.73 Å². The van der Waals surface area contributed by atoms with Crippen LogP contribution in [-0.2, 0) is 4.79 Å². The first-order valence-corrected chi connectivity index (χ1v) is 7.76. The molecule has 0 saturated heterocycles. The molecule has 4 fully saturated rings. The molecule has 3 unspecified atom stereocenters. The highest BCUT2D eigenvalue weighted by Gasteiger charge is 2.60. The average molecular weight is 262 g/mol. The van der Waals surface area contributed by atoms with Crippen molar-refractivity contribution in [1.29, 1.82) is 0 Å². The summed E-state index contributed by atoms with van der Waals surface area (Å²) in [6.45, 7) is 0. The van der Waals surface area contributed by atoms with E-state index in [0.717, 1.165) is 29.7 Å². The highest BCUT2D eigenvalue weighted by atomic mass is 32.1. The normalized spacial score (nSPS) is 45.3. The Labute approximate surface area is 111 Å². The second kappa shape index (κ2) is 3.56. The van der Waals surface area contributed by atoms with Gasteiger partial charge in [0, 0.05) is 17.5 Å². The van der Waals surface area contributed by atoms with Crippen molar-refractivity contribution in [1.82, 2.24) is 4.98 Å². The molecule has 0 radical (unpaired) electrons. The van der Waals surface area contributed by atoms with Crippen LogP contribution < -0.4 is 5.73 Å². The van der Waals surface area contributed by atoms with Gasteiger partial charge >= 0.3 is 0 Å². The molecule has 3 nitrogen and oxygen atoms in total. The molecule has 18 heavy (non-hydrogen) atoms. The molecular formula is C14H18N2OS. The third kappa shape index (κ3) is 1.30. The lowest BCUT2D eigenvalue weighted by Gasteiger charge is -2.59. The number of nitrogens with zero attached hydrogens (tertiary/aromatic N) is 1.